The van der Waals surface area contributed by atoms with E-state index in [-0.39, 0.29) is 0 Å². The standard InChI is InChI=1S/C13H20N2O2S2/c1-3-14-8-10-15(11-9-14)19(16,17)13-6-4-12(18-2)5-7-13/h4-7H,3,8-11H2,1-2H3/p+1. The van der Waals surface area contributed by atoms with Gasteiger partial charge in [0.05, 0.1) is 37.6 Å². The van der Waals surface area contributed by atoms with Gasteiger partial charge in [-0.25, -0.2) is 8.42 Å². The van der Waals surface area contributed by atoms with Crippen molar-refractivity contribution in [2.24, 2.45) is 0 Å². The van der Waals surface area contributed by atoms with Crippen molar-refractivity contribution in [3.05, 3.63) is 24.3 Å². The summed E-state index contributed by atoms with van der Waals surface area (Å²) in [5.41, 5.74) is 0. The van der Waals surface area contributed by atoms with Crippen LogP contribution in [0, 0.1) is 0 Å². The van der Waals surface area contributed by atoms with E-state index in [1.54, 1.807) is 28.2 Å². The Morgan fingerprint density at radius 2 is 1.79 bits per heavy atom. The van der Waals surface area contributed by atoms with Crippen molar-refractivity contribution >= 4 is 21.8 Å². The molecule has 4 nitrogen and oxygen atoms in total. The molecule has 0 bridgehead atoms. The molecule has 0 radical (unpaired) electrons. The first-order valence-corrected chi connectivity index (χ1v) is 9.22. The molecule has 19 heavy (non-hydrogen) atoms. The van der Waals surface area contributed by atoms with Crippen LogP contribution in [0.2, 0.25) is 0 Å². The van der Waals surface area contributed by atoms with Crippen LogP contribution in [0.1, 0.15) is 6.92 Å². The number of benzene rings is 1. The van der Waals surface area contributed by atoms with Crippen molar-refractivity contribution in [3.8, 4) is 0 Å². The third-order valence-electron chi connectivity index (χ3n) is 3.63. The Morgan fingerprint density at radius 3 is 2.26 bits per heavy atom. The van der Waals surface area contributed by atoms with Crippen LogP contribution in [0.5, 0.6) is 0 Å². The molecule has 0 atom stereocenters. The van der Waals surface area contributed by atoms with Crippen molar-refractivity contribution in [3.63, 3.8) is 0 Å². The van der Waals surface area contributed by atoms with E-state index in [4.69, 9.17) is 0 Å². The molecule has 6 heteroatoms. The fourth-order valence-electron chi connectivity index (χ4n) is 2.29. The Balaban J connectivity index is 2.13. The number of nitrogens with one attached hydrogen (secondary N) is 1. The minimum atomic E-state index is -3.31. The van der Waals surface area contributed by atoms with Crippen LogP contribution >= 0.6 is 11.8 Å². The molecule has 0 aliphatic carbocycles. The van der Waals surface area contributed by atoms with Crippen LogP contribution < -0.4 is 4.90 Å². The Kier molecular flexibility index (Phi) is 4.89. The molecular weight excluding hydrogens is 280 g/mol. The van der Waals surface area contributed by atoms with Crippen molar-refractivity contribution in [2.45, 2.75) is 16.7 Å². The lowest BCUT2D eigenvalue weighted by molar-refractivity contribution is -0.901. The third kappa shape index (κ3) is 3.31. The lowest BCUT2D eigenvalue weighted by atomic mass is 10.4. The van der Waals surface area contributed by atoms with E-state index in [0.717, 1.165) is 24.5 Å². The van der Waals surface area contributed by atoms with E-state index in [2.05, 4.69) is 6.92 Å². The number of piperazine rings is 1. The summed E-state index contributed by atoms with van der Waals surface area (Å²) in [4.78, 5) is 2.97. The number of nitrogens with zero attached hydrogens (tertiary/aromatic N) is 1. The van der Waals surface area contributed by atoms with Gasteiger partial charge in [-0.1, -0.05) is 0 Å². The van der Waals surface area contributed by atoms with Crippen LogP contribution in [0.25, 0.3) is 0 Å². The molecule has 2 rings (SSSR count). The molecular formula is C13H21N2O2S2+. The van der Waals surface area contributed by atoms with Gasteiger partial charge in [0.15, 0.2) is 0 Å². The fourth-order valence-corrected chi connectivity index (χ4v) is 4.14. The Bertz CT molecular complexity index is 506. The van der Waals surface area contributed by atoms with Crippen molar-refractivity contribution in [2.75, 3.05) is 39.0 Å². The van der Waals surface area contributed by atoms with Gasteiger partial charge in [0.2, 0.25) is 10.0 Å². The predicted molar refractivity (Wildman–Crippen MR) is 78.2 cm³/mol. The molecule has 1 heterocycles. The highest BCUT2D eigenvalue weighted by molar-refractivity contribution is 7.98. The lowest BCUT2D eigenvalue weighted by Gasteiger charge is -2.30. The van der Waals surface area contributed by atoms with E-state index >= 15 is 0 Å². The zero-order valence-corrected chi connectivity index (χ0v) is 13.1. The van der Waals surface area contributed by atoms with Crippen LogP contribution in [0.3, 0.4) is 0 Å². The first kappa shape index (κ1) is 14.8. The highest BCUT2D eigenvalue weighted by Crippen LogP contribution is 2.20. The zero-order chi connectivity index (χ0) is 13.9. The normalized spacial score (nSPS) is 18.6. The van der Waals surface area contributed by atoms with Crippen molar-refractivity contribution < 1.29 is 13.3 Å². The van der Waals surface area contributed by atoms with Gasteiger partial charge in [-0.05, 0) is 37.4 Å². The Labute approximate surface area is 119 Å². The molecule has 0 amide bonds. The number of sulfonamides is 1. The van der Waals surface area contributed by atoms with Crippen LogP contribution in [-0.4, -0.2) is 51.7 Å². The average Bonchev–Trinajstić information content (AvgIpc) is 2.47. The summed E-state index contributed by atoms with van der Waals surface area (Å²) < 4.78 is 26.6. The molecule has 0 aromatic heterocycles. The van der Waals surface area contributed by atoms with E-state index in [1.165, 1.54) is 4.90 Å². The molecule has 1 aliphatic heterocycles. The average molecular weight is 301 g/mol. The zero-order valence-electron chi connectivity index (χ0n) is 11.4. The summed E-state index contributed by atoms with van der Waals surface area (Å²) in [5, 5.41) is 0. The SMILES string of the molecule is CC[NH+]1CCN(S(=O)(=O)c2ccc(SC)cc2)CC1. The molecule has 1 aliphatic rings. The topological polar surface area (TPSA) is 41.8 Å². The number of quaternary nitrogens is 1. The second-order valence-electron chi connectivity index (χ2n) is 4.68. The maximum absolute atomic E-state index is 12.5. The monoisotopic (exact) mass is 301 g/mol. The molecule has 1 aromatic rings. The van der Waals surface area contributed by atoms with E-state index < -0.39 is 10.0 Å². The van der Waals surface area contributed by atoms with Gasteiger partial charge in [0, 0.05) is 4.90 Å². The molecule has 0 spiro atoms. The molecule has 1 aromatic carbocycles. The molecule has 1 N–H and O–H groups in total. The maximum atomic E-state index is 12.5. The smallest absolute Gasteiger partial charge is 0.243 e. The van der Waals surface area contributed by atoms with Crippen LogP contribution in [-0.2, 0) is 10.0 Å². The first-order chi connectivity index (χ1) is 9.07. The fraction of sp³-hybridized carbons (Fsp3) is 0.538. The number of thioether (sulfide) groups is 1. The van der Waals surface area contributed by atoms with E-state index in [0.29, 0.717) is 18.0 Å². The Hall–Kier alpha value is -0.560. The molecule has 1 saturated heterocycles. The minimum Gasteiger partial charge on any atom is -0.333 e. The van der Waals surface area contributed by atoms with Crippen LogP contribution in [0.4, 0.5) is 0 Å². The third-order valence-corrected chi connectivity index (χ3v) is 6.28. The van der Waals surface area contributed by atoms with Crippen molar-refractivity contribution in [1.82, 2.24) is 4.31 Å². The number of hydrogen-bond acceptors (Lipinski definition) is 3. The van der Waals surface area contributed by atoms with Gasteiger partial charge in [0.1, 0.15) is 0 Å². The summed E-state index contributed by atoms with van der Waals surface area (Å²) in [6, 6.07) is 7.15. The molecule has 0 saturated carbocycles. The summed E-state index contributed by atoms with van der Waals surface area (Å²) in [6.07, 6.45) is 1.98. The van der Waals surface area contributed by atoms with Gasteiger partial charge >= 0.3 is 0 Å². The van der Waals surface area contributed by atoms with Gasteiger partial charge in [-0.15, -0.1) is 11.8 Å². The molecule has 106 valence electrons. The van der Waals surface area contributed by atoms with E-state index in [1.807, 2.05) is 18.4 Å². The largest absolute Gasteiger partial charge is 0.333 e. The summed E-state index contributed by atoms with van der Waals surface area (Å²) >= 11 is 1.62. The molecule has 1 fully saturated rings. The van der Waals surface area contributed by atoms with Crippen molar-refractivity contribution in [1.29, 1.82) is 0 Å². The predicted octanol–water partition coefficient (Wildman–Crippen LogP) is 0.318. The summed E-state index contributed by atoms with van der Waals surface area (Å²) in [6.45, 7) is 6.25. The van der Waals surface area contributed by atoms with Crippen LogP contribution in [0.15, 0.2) is 34.1 Å². The highest BCUT2D eigenvalue weighted by atomic mass is 32.2. The Morgan fingerprint density at radius 1 is 1.21 bits per heavy atom. The van der Waals surface area contributed by atoms with E-state index in [9.17, 15) is 8.42 Å². The first-order valence-electron chi connectivity index (χ1n) is 6.55. The summed E-state index contributed by atoms with van der Waals surface area (Å²) in [7, 11) is -3.31. The quantitative estimate of drug-likeness (QED) is 0.814. The second kappa shape index (κ2) is 6.26. The lowest BCUT2D eigenvalue weighted by Crippen LogP contribution is -3.14. The number of rotatable bonds is 4. The molecule has 0 unspecified atom stereocenters. The minimum absolute atomic E-state index is 0.408. The summed E-state index contributed by atoms with van der Waals surface area (Å²) in [5.74, 6) is 0. The highest BCUT2D eigenvalue weighted by Gasteiger charge is 2.29. The number of hydrogen-bond donors (Lipinski definition) is 1. The number of likely N-dealkylation sites (N-methyl/N-ethyl adjacent to an activating group) is 1. The second-order valence-corrected chi connectivity index (χ2v) is 7.50. The van der Waals surface area contributed by atoms with Gasteiger partial charge in [0.25, 0.3) is 0 Å². The van der Waals surface area contributed by atoms with Gasteiger partial charge in [-0.2, -0.15) is 4.31 Å². The van der Waals surface area contributed by atoms with Gasteiger partial charge in [-0.3, -0.25) is 0 Å². The maximum Gasteiger partial charge on any atom is 0.243 e. The van der Waals surface area contributed by atoms with Gasteiger partial charge < -0.3 is 4.90 Å².